The molecule has 0 saturated heterocycles. The summed E-state index contributed by atoms with van der Waals surface area (Å²) in [7, 11) is 0. The molecule has 92 valence electrons. The van der Waals surface area contributed by atoms with Gasteiger partial charge in [0.15, 0.2) is 0 Å². The quantitative estimate of drug-likeness (QED) is 0.856. The maximum atomic E-state index is 8.58. The van der Waals surface area contributed by atoms with Gasteiger partial charge in [-0.15, -0.1) is 11.3 Å². The molecule has 0 unspecified atom stereocenters. The summed E-state index contributed by atoms with van der Waals surface area (Å²) in [5, 5.41) is 10.2. The molecule has 0 atom stereocenters. The summed E-state index contributed by atoms with van der Waals surface area (Å²) in [6.45, 7) is 2.36. The highest BCUT2D eigenvalue weighted by molar-refractivity contribution is 7.11. The van der Waals surface area contributed by atoms with Gasteiger partial charge in [0.05, 0.1) is 12.5 Å². The summed E-state index contributed by atoms with van der Waals surface area (Å²) >= 11 is 7.38. The van der Waals surface area contributed by atoms with Crippen molar-refractivity contribution in [2.45, 2.75) is 20.0 Å². The Balaban J connectivity index is 2.00. The standard InChI is InChI=1S/C13H11ClN2OS/c1-9-6-10(14)2-3-12(9)17-8-13-16-7-11(18-13)4-5-15/h2-3,6-7H,4,8H2,1H3. The number of benzene rings is 1. The fourth-order valence-electron chi connectivity index (χ4n) is 1.49. The first-order valence-corrected chi connectivity index (χ1v) is 6.58. The molecule has 0 aliphatic carbocycles. The molecular weight excluding hydrogens is 268 g/mol. The van der Waals surface area contributed by atoms with E-state index in [2.05, 4.69) is 11.1 Å². The largest absolute Gasteiger partial charge is 0.486 e. The number of rotatable bonds is 4. The van der Waals surface area contributed by atoms with Crippen molar-refractivity contribution in [3.8, 4) is 11.8 Å². The monoisotopic (exact) mass is 278 g/mol. The summed E-state index contributed by atoms with van der Waals surface area (Å²) in [4.78, 5) is 5.18. The van der Waals surface area contributed by atoms with Crippen molar-refractivity contribution in [1.82, 2.24) is 4.98 Å². The summed E-state index contributed by atoms with van der Waals surface area (Å²) in [6.07, 6.45) is 2.12. The van der Waals surface area contributed by atoms with E-state index in [-0.39, 0.29) is 0 Å². The first kappa shape index (κ1) is 12.9. The van der Waals surface area contributed by atoms with Gasteiger partial charge in [-0.1, -0.05) is 11.6 Å². The minimum atomic E-state index is 0.400. The lowest BCUT2D eigenvalue weighted by Crippen LogP contribution is -1.96. The van der Waals surface area contributed by atoms with Gasteiger partial charge in [0.25, 0.3) is 0 Å². The first-order valence-electron chi connectivity index (χ1n) is 5.38. The molecule has 0 fully saturated rings. The van der Waals surface area contributed by atoms with Gasteiger partial charge in [-0.25, -0.2) is 4.98 Å². The molecule has 0 aliphatic rings. The Morgan fingerprint density at radius 2 is 2.33 bits per heavy atom. The zero-order chi connectivity index (χ0) is 13.0. The van der Waals surface area contributed by atoms with E-state index in [9.17, 15) is 0 Å². The van der Waals surface area contributed by atoms with Crippen molar-refractivity contribution >= 4 is 22.9 Å². The fourth-order valence-corrected chi connectivity index (χ4v) is 2.48. The Labute approximate surface area is 115 Å². The van der Waals surface area contributed by atoms with Crippen LogP contribution >= 0.6 is 22.9 Å². The molecule has 5 heteroatoms. The number of halogens is 1. The van der Waals surface area contributed by atoms with Crippen molar-refractivity contribution < 1.29 is 4.74 Å². The van der Waals surface area contributed by atoms with Gasteiger partial charge in [-0.3, -0.25) is 0 Å². The van der Waals surface area contributed by atoms with Crippen LogP contribution in [0.3, 0.4) is 0 Å². The van der Waals surface area contributed by atoms with Crippen molar-refractivity contribution in [1.29, 1.82) is 5.26 Å². The maximum absolute atomic E-state index is 8.58. The van der Waals surface area contributed by atoms with Gasteiger partial charge in [0, 0.05) is 16.1 Å². The molecule has 0 amide bonds. The van der Waals surface area contributed by atoms with Crippen LogP contribution in [0.5, 0.6) is 5.75 Å². The third kappa shape index (κ3) is 3.22. The molecule has 1 heterocycles. The molecule has 0 aliphatic heterocycles. The molecular formula is C13H11ClN2OS. The number of ether oxygens (including phenoxy) is 1. The number of hydrogen-bond acceptors (Lipinski definition) is 4. The predicted octanol–water partition coefficient (Wildman–Crippen LogP) is 3.75. The SMILES string of the molecule is Cc1cc(Cl)ccc1OCc1ncc(CC#N)s1. The second-order valence-corrected chi connectivity index (χ2v) is 5.39. The second-order valence-electron chi connectivity index (χ2n) is 3.75. The highest BCUT2D eigenvalue weighted by Crippen LogP contribution is 2.23. The number of thiazole rings is 1. The van der Waals surface area contributed by atoms with Crippen molar-refractivity contribution in [2.24, 2.45) is 0 Å². The van der Waals surface area contributed by atoms with E-state index in [4.69, 9.17) is 21.6 Å². The van der Waals surface area contributed by atoms with E-state index in [1.807, 2.05) is 19.1 Å². The van der Waals surface area contributed by atoms with Crippen LogP contribution in [0.2, 0.25) is 5.02 Å². The molecule has 0 saturated carbocycles. The van der Waals surface area contributed by atoms with Crippen LogP contribution in [-0.2, 0) is 13.0 Å². The molecule has 2 aromatic rings. The summed E-state index contributed by atoms with van der Waals surface area (Å²) in [6, 6.07) is 7.61. The Morgan fingerprint density at radius 1 is 1.50 bits per heavy atom. The Kier molecular flexibility index (Phi) is 4.19. The topological polar surface area (TPSA) is 45.9 Å². The fraction of sp³-hybridized carbons (Fsp3) is 0.231. The summed E-state index contributed by atoms with van der Waals surface area (Å²) in [5.41, 5.74) is 0.997. The molecule has 0 N–H and O–H groups in total. The van der Waals surface area contributed by atoms with Gasteiger partial charge in [0.1, 0.15) is 17.4 Å². The zero-order valence-electron chi connectivity index (χ0n) is 9.81. The zero-order valence-corrected chi connectivity index (χ0v) is 11.4. The Bertz CT molecular complexity index is 589. The van der Waals surface area contributed by atoms with E-state index >= 15 is 0 Å². The highest BCUT2D eigenvalue weighted by Gasteiger charge is 2.04. The average molecular weight is 279 g/mol. The summed E-state index contributed by atoms with van der Waals surface area (Å²) in [5.74, 6) is 0.802. The molecule has 1 aromatic carbocycles. The van der Waals surface area contributed by atoms with Crippen LogP contribution in [0.1, 0.15) is 15.4 Å². The minimum absolute atomic E-state index is 0.400. The molecule has 3 nitrogen and oxygen atoms in total. The van der Waals surface area contributed by atoms with E-state index < -0.39 is 0 Å². The number of nitrogens with zero attached hydrogens (tertiary/aromatic N) is 2. The van der Waals surface area contributed by atoms with Gasteiger partial charge in [-0.2, -0.15) is 5.26 Å². The third-order valence-corrected chi connectivity index (χ3v) is 3.55. The molecule has 2 rings (SSSR count). The van der Waals surface area contributed by atoms with E-state index in [0.29, 0.717) is 18.1 Å². The average Bonchev–Trinajstić information content (AvgIpc) is 2.76. The second kappa shape index (κ2) is 5.85. The lowest BCUT2D eigenvalue weighted by molar-refractivity contribution is 0.303. The predicted molar refractivity (Wildman–Crippen MR) is 72.0 cm³/mol. The molecule has 0 radical (unpaired) electrons. The molecule has 1 aromatic heterocycles. The number of aryl methyl sites for hydroxylation is 1. The van der Waals surface area contributed by atoms with Crippen molar-refractivity contribution in [2.75, 3.05) is 0 Å². The van der Waals surface area contributed by atoms with Gasteiger partial charge in [0.2, 0.25) is 0 Å². The number of nitriles is 1. The lowest BCUT2D eigenvalue weighted by Gasteiger charge is -2.07. The number of aromatic nitrogens is 1. The van der Waals surface area contributed by atoms with Crippen molar-refractivity contribution in [3.63, 3.8) is 0 Å². The van der Waals surface area contributed by atoms with Gasteiger partial charge >= 0.3 is 0 Å². The summed E-state index contributed by atoms with van der Waals surface area (Å²) < 4.78 is 5.68. The van der Waals surface area contributed by atoms with Gasteiger partial charge in [-0.05, 0) is 30.7 Å². The number of hydrogen-bond donors (Lipinski definition) is 0. The smallest absolute Gasteiger partial charge is 0.140 e. The van der Waals surface area contributed by atoms with Crippen molar-refractivity contribution in [3.05, 3.63) is 44.9 Å². The van der Waals surface area contributed by atoms with E-state index in [0.717, 1.165) is 21.2 Å². The van der Waals surface area contributed by atoms with Gasteiger partial charge < -0.3 is 4.74 Å². The van der Waals surface area contributed by atoms with E-state index in [1.165, 1.54) is 11.3 Å². The van der Waals surface area contributed by atoms with Crippen LogP contribution in [0.25, 0.3) is 0 Å². The minimum Gasteiger partial charge on any atom is -0.486 e. The Morgan fingerprint density at radius 3 is 3.06 bits per heavy atom. The van der Waals surface area contributed by atoms with Crippen LogP contribution in [-0.4, -0.2) is 4.98 Å². The maximum Gasteiger partial charge on any atom is 0.140 e. The first-order chi connectivity index (χ1) is 8.69. The molecule has 18 heavy (non-hydrogen) atoms. The van der Waals surface area contributed by atoms with Crippen LogP contribution in [0.4, 0.5) is 0 Å². The molecule has 0 spiro atoms. The Hall–Kier alpha value is -1.57. The van der Waals surface area contributed by atoms with Crippen LogP contribution < -0.4 is 4.74 Å². The van der Waals surface area contributed by atoms with Crippen LogP contribution in [0, 0.1) is 18.3 Å². The van der Waals surface area contributed by atoms with E-state index in [1.54, 1.807) is 12.3 Å². The third-order valence-electron chi connectivity index (χ3n) is 2.34. The molecule has 0 bridgehead atoms. The lowest BCUT2D eigenvalue weighted by atomic mass is 10.2. The highest BCUT2D eigenvalue weighted by atomic mass is 35.5. The van der Waals surface area contributed by atoms with Crippen LogP contribution in [0.15, 0.2) is 24.4 Å². The normalized spacial score (nSPS) is 10.1.